The predicted molar refractivity (Wildman–Crippen MR) is 95.6 cm³/mol. The molecule has 3 amide bonds. The van der Waals surface area contributed by atoms with Gasteiger partial charge in [-0.15, -0.1) is 0 Å². The van der Waals surface area contributed by atoms with E-state index in [1.807, 2.05) is 13.8 Å². The zero-order valence-electron chi connectivity index (χ0n) is 13.9. The first kappa shape index (κ1) is 17.3. The number of nitrogens with one attached hydrogen (secondary N) is 3. The number of ether oxygens (including phenoxy) is 1. The summed E-state index contributed by atoms with van der Waals surface area (Å²) in [4.78, 5) is 22.9. The van der Waals surface area contributed by atoms with E-state index in [0.29, 0.717) is 17.1 Å². The largest absolute Gasteiger partial charge is 0.491 e. The highest BCUT2D eigenvalue weighted by molar-refractivity contribution is 6.00. The number of hydrogen-bond acceptors (Lipinski definition) is 3. The van der Waals surface area contributed by atoms with E-state index in [0.717, 1.165) is 5.75 Å². The van der Waals surface area contributed by atoms with E-state index in [2.05, 4.69) is 16.0 Å². The minimum absolute atomic E-state index is 0.104. The van der Waals surface area contributed by atoms with Crippen molar-refractivity contribution in [3.05, 3.63) is 48.5 Å². The highest BCUT2D eigenvalue weighted by Gasteiger charge is 2.04. The topological polar surface area (TPSA) is 79.5 Å². The molecule has 0 aliphatic heterocycles. The lowest BCUT2D eigenvalue weighted by Crippen LogP contribution is -2.19. The van der Waals surface area contributed by atoms with E-state index < -0.39 is 0 Å². The molecule has 0 radical (unpaired) electrons. The van der Waals surface area contributed by atoms with Gasteiger partial charge in [0.05, 0.1) is 6.10 Å². The molecular formula is C18H21N3O3. The first-order valence-corrected chi connectivity index (χ1v) is 7.65. The Morgan fingerprint density at radius 2 is 1.21 bits per heavy atom. The number of carbonyl (C=O) groups excluding carboxylic acids is 2. The lowest BCUT2D eigenvalue weighted by Gasteiger charge is -2.11. The highest BCUT2D eigenvalue weighted by Crippen LogP contribution is 2.18. The second-order valence-electron chi connectivity index (χ2n) is 5.53. The molecule has 0 aliphatic rings. The van der Waals surface area contributed by atoms with Gasteiger partial charge in [0.15, 0.2) is 0 Å². The first-order chi connectivity index (χ1) is 11.4. The zero-order chi connectivity index (χ0) is 17.5. The highest BCUT2D eigenvalue weighted by atomic mass is 16.5. The van der Waals surface area contributed by atoms with Gasteiger partial charge in [-0.3, -0.25) is 4.79 Å². The number of rotatable bonds is 5. The lowest BCUT2D eigenvalue weighted by atomic mass is 10.2. The maximum atomic E-state index is 12.0. The molecule has 24 heavy (non-hydrogen) atoms. The van der Waals surface area contributed by atoms with Crippen molar-refractivity contribution in [2.24, 2.45) is 0 Å². The van der Waals surface area contributed by atoms with Crippen LogP contribution in [0.15, 0.2) is 48.5 Å². The number of amides is 3. The second-order valence-corrected chi connectivity index (χ2v) is 5.53. The lowest BCUT2D eigenvalue weighted by molar-refractivity contribution is -0.114. The third-order valence-corrected chi connectivity index (χ3v) is 2.95. The molecule has 2 aromatic rings. The molecule has 6 nitrogen and oxygen atoms in total. The minimum atomic E-state index is -0.347. The van der Waals surface area contributed by atoms with Crippen LogP contribution in [0.5, 0.6) is 5.75 Å². The van der Waals surface area contributed by atoms with Gasteiger partial charge >= 0.3 is 6.03 Å². The Morgan fingerprint density at radius 3 is 1.62 bits per heavy atom. The standard InChI is InChI=1S/C18H21N3O3/c1-12(2)24-17-10-8-16(9-11-17)21-18(23)20-15-6-4-14(5-7-15)19-13(3)22/h4-12H,1-3H3,(H,19,22)(H2,20,21,23). The monoisotopic (exact) mass is 327 g/mol. The summed E-state index contributed by atoms with van der Waals surface area (Å²) in [6, 6.07) is 13.7. The minimum Gasteiger partial charge on any atom is -0.491 e. The van der Waals surface area contributed by atoms with Crippen LogP contribution in [0, 0.1) is 0 Å². The fraction of sp³-hybridized carbons (Fsp3) is 0.222. The summed E-state index contributed by atoms with van der Waals surface area (Å²) in [6.07, 6.45) is 0.104. The van der Waals surface area contributed by atoms with Crippen molar-refractivity contribution in [2.75, 3.05) is 16.0 Å². The summed E-state index contributed by atoms with van der Waals surface area (Å²) in [5.74, 6) is 0.614. The van der Waals surface area contributed by atoms with E-state index in [1.54, 1.807) is 48.5 Å². The van der Waals surface area contributed by atoms with Gasteiger partial charge in [-0.1, -0.05) is 0 Å². The Morgan fingerprint density at radius 1 is 0.792 bits per heavy atom. The fourth-order valence-corrected chi connectivity index (χ4v) is 2.02. The summed E-state index contributed by atoms with van der Waals surface area (Å²) >= 11 is 0. The molecule has 0 saturated carbocycles. The van der Waals surface area contributed by atoms with E-state index in [-0.39, 0.29) is 18.0 Å². The molecular weight excluding hydrogens is 306 g/mol. The molecule has 0 fully saturated rings. The van der Waals surface area contributed by atoms with Crippen molar-refractivity contribution in [2.45, 2.75) is 26.9 Å². The average molecular weight is 327 g/mol. The summed E-state index contributed by atoms with van der Waals surface area (Å²) in [7, 11) is 0. The maximum Gasteiger partial charge on any atom is 0.323 e. The van der Waals surface area contributed by atoms with Gasteiger partial charge < -0.3 is 20.7 Å². The SMILES string of the molecule is CC(=O)Nc1ccc(NC(=O)Nc2ccc(OC(C)C)cc2)cc1. The summed E-state index contributed by atoms with van der Waals surface area (Å²) in [6.45, 7) is 5.35. The zero-order valence-corrected chi connectivity index (χ0v) is 13.9. The smallest absolute Gasteiger partial charge is 0.323 e. The van der Waals surface area contributed by atoms with Crippen LogP contribution in [-0.4, -0.2) is 18.0 Å². The molecule has 0 spiro atoms. The van der Waals surface area contributed by atoms with E-state index >= 15 is 0 Å². The quantitative estimate of drug-likeness (QED) is 0.774. The van der Waals surface area contributed by atoms with Crippen LogP contribution in [-0.2, 0) is 4.79 Å². The third kappa shape index (κ3) is 5.64. The fourth-order valence-electron chi connectivity index (χ4n) is 2.02. The summed E-state index contributed by atoms with van der Waals surface area (Å²) < 4.78 is 5.55. The molecule has 0 bridgehead atoms. The van der Waals surface area contributed by atoms with Gasteiger partial charge in [-0.25, -0.2) is 4.79 Å². The van der Waals surface area contributed by atoms with E-state index in [9.17, 15) is 9.59 Å². The molecule has 2 rings (SSSR count). The average Bonchev–Trinajstić information content (AvgIpc) is 2.50. The van der Waals surface area contributed by atoms with Crippen LogP contribution >= 0.6 is 0 Å². The molecule has 0 aliphatic carbocycles. The van der Waals surface area contributed by atoms with Gasteiger partial charge in [-0.2, -0.15) is 0 Å². The number of carbonyl (C=O) groups is 2. The van der Waals surface area contributed by atoms with Gasteiger partial charge in [0.1, 0.15) is 5.75 Å². The predicted octanol–water partition coefficient (Wildman–Crippen LogP) is 4.08. The Labute approximate surface area is 141 Å². The molecule has 2 aromatic carbocycles. The van der Waals surface area contributed by atoms with Crippen molar-refractivity contribution in [1.29, 1.82) is 0 Å². The Bertz CT molecular complexity index is 694. The van der Waals surface area contributed by atoms with Crippen LogP contribution in [0.3, 0.4) is 0 Å². The van der Waals surface area contributed by atoms with Gasteiger partial charge in [-0.05, 0) is 62.4 Å². The van der Waals surface area contributed by atoms with Gasteiger partial charge in [0.2, 0.25) is 5.91 Å². The maximum absolute atomic E-state index is 12.0. The Kier molecular flexibility index (Phi) is 5.78. The van der Waals surface area contributed by atoms with Crippen molar-refractivity contribution in [1.82, 2.24) is 0 Å². The van der Waals surface area contributed by atoms with Crippen LogP contribution in [0.4, 0.5) is 21.9 Å². The van der Waals surface area contributed by atoms with Crippen LogP contribution < -0.4 is 20.7 Å². The van der Waals surface area contributed by atoms with Gasteiger partial charge in [0, 0.05) is 24.0 Å². The van der Waals surface area contributed by atoms with Crippen molar-refractivity contribution in [3.63, 3.8) is 0 Å². The normalized spacial score (nSPS) is 10.2. The number of anilines is 3. The van der Waals surface area contributed by atoms with Crippen LogP contribution in [0.25, 0.3) is 0 Å². The number of hydrogen-bond donors (Lipinski definition) is 3. The number of benzene rings is 2. The molecule has 0 aromatic heterocycles. The molecule has 0 saturated heterocycles. The third-order valence-electron chi connectivity index (χ3n) is 2.95. The summed E-state index contributed by atoms with van der Waals surface area (Å²) in [5, 5.41) is 8.13. The van der Waals surface area contributed by atoms with Crippen molar-refractivity contribution >= 4 is 29.0 Å². The van der Waals surface area contributed by atoms with Gasteiger partial charge in [0.25, 0.3) is 0 Å². The van der Waals surface area contributed by atoms with Crippen LogP contribution in [0.1, 0.15) is 20.8 Å². The Balaban J connectivity index is 1.89. The van der Waals surface area contributed by atoms with Crippen LogP contribution in [0.2, 0.25) is 0 Å². The first-order valence-electron chi connectivity index (χ1n) is 7.65. The molecule has 3 N–H and O–H groups in total. The van der Waals surface area contributed by atoms with Crippen molar-refractivity contribution < 1.29 is 14.3 Å². The second kappa shape index (κ2) is 8.01. The molecule has 0 unspecified atom stereocenters. The van der Waals surface area contributed by atoms with Crippen molar-refractivity contribution in [3.8, 4) is 5.75 Å². The van der Waals surface area contributed by atoms with E-state index in [1.165, 1.54) is 6.92 Å². The molecule has 0 atom stereocenters. The number of urea groups is 1. The Hall–Kier alpha value is -3.02. The molecule has 126 valence electrons. The molecule has 0 heterocycles. The molecule has 6 heteroatoms. The summed E-state index contributed by atoms with van der Waals surface area (Å²) in [5.41, 5.74) is 1.97. The van der Waals surface area contributed by atoms with E-state index in [4.69, 9.17) is 4.74 Å².